The van der Waals surface area contributed by atoms with Crippen LogP contribution in [0.5, 0.6) is 0 Å². The second-order valence-corrected chi connectivity index (χ2v) is 4.67. The number of nitrogens with one attached hydrogen (secondary N) is 1. The zero-order valence-electron chi connectivity index (χ0n) is 11.6. The fourth-order valence-electron chi connectivity index (χ4n) is 1.85. The Morgan fingerprint density at radius 3 is 3.05 bits per heavy atom. The maximum atomic E-state index is 13.0. The number of carbonyl (C=O) groups excluding carboxylic acids is 1. The molecule has 1 heterocycles. The Bertz CT molecular complexity index is 599. The number of rotatable bonds is 7. The number of hydrogen-bond donors (Lipinski definition) is 2. The second-order valence-electron chi connectivity index (χ2n) is 4.67. The molecule has 0 unspecified atom stereocenters. The molecule has 0 fully saturated rings. The number of anilines is 1. The van der Waals surface area contributed by atoms with E-state index in [4.69, 9.17) is 5.73 Å². The molecule has 0 saturated carbocycles. The molecule has 21 heavy (non-hydrogen) atoms. The van der Waals surface area contributed by atoms with E-state index in [1.807, 2.05) is 6.20 Å². The Morgan fingerprint density at radius 2 is 2.29 bits per heavy atom. The second kappa shape index (κ2) is 7.49. The highest BCUT2D eigenvalue weighted by atomic mass is 19.1. The number of nitrogens with two attached hydrogens (primary N) is 1. The van der Waals surface area contributed by atoms with Gasteiger partial charge in [0.25, 0.3) is 0 Å². The van der Waals surface area contributed by atoms with Crippen molar-refractivity contribution >= 4 is 11.6 Å². The Hall–Kier alpha value is -2.28. The molecule has 112 valence electrons. The number of benzene rings is 1. The highest BCUT2D eigenvalue weighted by Gasteiger charge is 2.05. The molecule has 7 heteroatoms. The fraction of sp³-hybridized carbons (Fsp3) is 0.357. The summed E-state index contributed by atoms with van der Waals surface area (Å²) in [7, 11) is 0. The van der Waals surface area contributed by atoms with Crippen molar-refractivity contribution in [2.45, 2.75) is 25.8 Å². The van der Waals surface area contributed by atoms with Gasteiger partial charge in [-0.2, -0.15) is 0 Å². The summed E-state index contributed by atoms with van der Waals surface area (Å²) in [5.74, 6) is -0.576. The van der Waals surface area contributed by atoms with Gasteiger partial charge >= 0.3 is 0 Å². The predicted octanol–water partition coefficient (Wildman–Crippen LogP) is 1.34. The van der Waals surface area contributed by atoms with Crippen molar-refractivity contribution in [1.82, 2.24) is 15.0 Å². The van der Waals surface area contributed by atoms with Crippen LogP contribution in [0, 0.1) is 5.82 Å². The molecule has 2 aromatic rings. The van der Waals surface area contributed by atoms with Crippen molar-refractivity contribution in [1.29, 1.82) is 0 Å². The zero-order chi connectivity index (χ0) is 15.1. The lowest BCUT2D eigenvalue weighted by atomic mass is 10.2. The molecule has 1 amide bonds. The van der Waals surface area contributed by atoms with Gasteiger partial charge in [0.05, 0.1) is 12.2 Å². The maximum Gasteiger partial charge on any atom is 0.226 e. The lowest BCUT2D eigenvalue weighted by Crippen LogP contribution is -2.14. The lowest BCUT2D eigenvalue weighted by Gasteiger charge is -2.05. The largest absolute Gasteiger partial charge is 0.330 e. The van der Waals surface area contributed by atoms with E-state index in [1.165, 1.54) is 12.1 Å². The molecule has 0 radical (unpaired) electrons. The number of hydrogen-bond acceptors (Lipinski definition) is 4. The van der Waals surface area contributed by atoms with Gasteiger partial charge in [-0.3, -0.25) is 9.48 Å². The summed E-state index contributed by atoms with van der Waals surface area (Å²) in [6, 6.07) is 5.79. The number of aryl methyl sites for hydroxylation is 2. The van der Waals surface area contributed by atoms with Crippen LogP contribution in [0.25, 0.3) is 0 Å². The van der Waals surface area contributed by atoms with Gasteiger partial charge in [0, 0.05) is 18.3 Å². The summed E-state index contributed by atoms with van der Waals surface area (Å²) < 4.78 is 14.6. The highest BCUT2D eigenvalue weighted by molar-refractivity contribution is 5.90. The molecule has 2 rings (SSSR count). The number of halogens is 1. The van der Waals surface area contributed by atoms with Crippen LogP contribution in [0.4, 0.5) is 10.1 Å². The van der Waals surface area contributed by atoms with Crippen LogP contribution in [-0.2, 0) is 17.8 Å². The number of nitrogens with zero attached hydrogens (tertiary/aromatic N) is 3. The van der Waals surface area contributed by atoms with Crippen LogP contribution < -0.4 is 11.1 Å². The molecule has 0 aliphatic carbocycles. The standard InChI is InChI=1S/C14H18FN5O/c15-11-3-1-4-12(9-11)17-14(21)6-8-20-10-13(18-19-20)5-2-7-16/h1,3-4,9-10H,2,5-8,16H2,(H,17,21). The van der Waals surface area contributed by atoms with Crippen molar-refractivity contribution in [2.75, 3.05) is 11.9 Å². The molecular formula is C14H18FN5O. The van der Waals surface area contributed by atoms with E-state index in [2.05, 4.69) is 15.6 Å². The van der Waals surface area contributed by atoms with Gasteiger partial charge in [0.15, 0.2) is 0 Å². The van der Waals surface area contributed by atoms with Gasteiger partial charge < -0.3 is 11.1 Å². The lowest BCUT2D eigenvalue weighted by molar-refractivity contribution is -0.116. The first-order valence-corrected chi connectivity index (χ1v) is 6.82. The summed E-state index contributed by atoms with van der Waals surface area (Å²) in [6.07, 6.45) is 3.70. The van der Waals surface area contributed by atoms with Crippen molar-refractivity contribution in [3.05, 3.63) is 42.0 Å². The molecular weight excluding hydrogens is 273 g/mol. The van der Waals surface area contributed by atoms with Crippen LogP contribution in [0.15, 0.2) is 30.5 Å². The van der Waals surface area contributed by atoms with Crippen molar-refractivity contribution in [3.63, 3.8) is 0 Å². The molecule has 1 aromatic heterocycles. The first-order valence-electron chi connectivity index (χ1n) is 6.82. The van der Waals surface area contributed by atoms with Crippen LogP contribution in [0.1, 0.15) is 18.5 Å². The Morgan fingerprint density at radius 1 is 1.43 bits per heavy atom. The van der Waals surface area contributed by atoms with E-state index >= 15 is 0 Å². The normalized spacial score (nSPS) is 10.6. The van der Waals surface area contributed by atoms with Gasteiger partial charge in [-0.1, -0.05) is 11.3 Å². The molecule has 0 spiro atoms. The van der Waals surface area contributed by atoms with Crippen molar-refractivity contribution in [3.8, 4) is 0 Å². The Kier molecular flexibility index (Phi) is 5.39. The third kappa shape index (κ3) is 4.96. The number of carbonyl (C=O) groups is 1. The maximum absolute atomic E-state index is 13.0. The van der Waals surface area contributed by atoms with Gasteiger partial charge in [-0.05, 0) is 37.6 Å². The van der Waals surface area contributed by atoms with Crippen LogP contribution >= 0.6 is 0 Å². The van der Waals surface area contributed by atoms with Crippen molar-refractivity contribution < 1.29 is 9.18 Å². The summed E-state index contributed by atoms with van der Waals surface area (Å²) in [5, 5.41) is 10.6. The quantitative estimate of drug-likeness (QED) is 0.806. The monoisotopic (exact) mass is 291 g/mol. The minimum absolute atomic E-state index is 0.195. The number of amides is 1. The zero-order valence-corrected chi connectivity index (χ0v) is 11.6. The average molecular weight is 291 g/mol. The SMILES string of the molecule is NCCCc1cn(CCC(=O)Nc2cccc(F)c2)nn1. The van der Waals surface area contributed by atoms with E-state index in [0.717, 1.165) is 18.5 Å². The van der Waals surface area contributed by atoms with E-state index in [-0.39, 0.29) is 18.1 Å². The molecule has 1 aromatic carbocycles. The summed E-state index contributed by atoms with van der Waals surface area (Å²) in [4.78, 5) is 11.8. The molecule has 3 N–H and O–H groups in total. The minimum atomic E-state index is -0.381. The van der Waals surface area contributed by atoms with Crippen molar-refractivity contribution in [2.24, 2.45) is 5.73 Å². The summed E-state index contributed by atoms with van der Waals surface area (Å²) >= 11 is 0. The smallest absolute Gasteiger partial charge is 0.226 e. The molecule has 0 saturated heterocycles. The molecule has 6 nitrogen and oxygen atoms in total. The third-order valence-corrected chi connectivity index (χ3v) is 2.90. The molecule has 0 aliphatic heterocycles. The highest BCUT2D eigenvalue weighted by Crippen LogP contribution is 2.09. The summed E-state index contributed by atoms with van der Waals surface area (Å²) in [6.45, 7) is 1.04. The fourth-order valence-corrected chi connectivity index (χ4v) is 1.85. The van der Waals surface area contributed by atoms with E-state index in [0.29, 0.717) is 18.8 Å². The van der Waals surface area contributed by atoms with Gasteiger partial charge in [0.2, 0.25) is 5.91 Å². The topological polar surface area (TPSA) is 85.8 Å². The predicted molar refractivity (Wildman–Crippen MR) is 77.0 cm³/mol. The third-order valence-electron chi connectivity index (χ3n) is 2.90. The van der Waals surface area contributed by atoms with Gasteiger partial charge in [-0.15, -0.1) is 5.10 Å². The number of aromatic nitrogens is 3. The van der Waals surface area contributed by atoms with Crippen LogP contribution in [-0.4, -0.2) is 27.4 Å². The average Bonchev–Trinajstić information content (AvgIpc) is 2.91. The molecule has 0 aliphatic rings. The van der Waals surface area contributed by atoms with E-state index in [9.17, 15) is 9.18 Å². The van der Waals surface area contributed by atoms with Crippen LogP contribution in [0.2, 0.25) is 0 Å². The Labute approximate surface area is 122 Å². The van der Waals surface area contributed by atoms with Gasteiger partial charge in [0.1, 0.15) is 5.82 Å². The Balaban J connectivity index is 1.79. The molecule has 0 atom stereocenters. The first-order chi connectivity index (χ1) is 10.2. The van der Waals surface area contributed by atoms with E-state index < -0.39 is 0 Å². The first kappa shape index (κ1) is 15.1. The summed E-state index contributed by atoms with van der Waals surface area (Å²) in [5.41, 5.74) is 6.74. The minimum Gasteiger partial charge on any atom is -0.330 e. The molecule has 0 bridgehead atoms. The van der Waals surface area contributed by atoms with Crippen LogP contribution in [0.3, 0.4) is 0 Å². The van der Waals surface area contributed by atoms with Gasteiger partial charge in [-0.25, -0.2) is 4.39 Å². The van der Waals surface area contributed by atoms with E-state index in [1.54, 1.807) is 16.8 Å².